The topological polar surface area (TPSA) is 58.6 Å². The summed E-state index contributed by atoms with van der Waals surface area (Å²) in [6.45, 7) is 0.943. The summed E-state index contributed by atoms with van der Waals surface area (Å²) < 4.78 is 19.3. The first-order chi connectivity index (χ1) is 10.1. The van der Waals surface area contributed by atoms with Crippen molar-refractivity contribution >= 4 is 27.3 Å². The second-order valence-corrected chi connectivity index (χ2v) is 6.38. The quantitative estimate of drug-likeness (QED) is 0.915. The van der Waals surface area contributed by atoms with Crippen LogP contribution in [0.1, 0.15) is 22.5 Å². The van der Waals surface area contributed by atoms with Crippen LogP contribution in [-0.2, 0) is 4.74 Å². The number of halogens is 1. The summed E-state index contributed by atoms with van der Waals surface area (Å²) in [6.07, 6.45) is 1.18. The first-order valence-corrected chi connectivity index (χ1v) is 7.64. The summed E-state index contributed by atoms with van der Waals surface area (Å²) in [7, 11) is 0. The highest BCUT2D eigenvalue weighted by Crippen LogP contribution is 2.27. The molecular formula is C15H16FNO3S. The van der Waals surface area contributed by atoms with Gasteiger partial charge in [-0.05, 0) is 42.5 Å². The monoisotopic (exact) mass is 309 g/mol. The largest absolute Gasteiger partial charge is 0.394 e. The number of aliphatic hydroxyl groups is 1. The van der Waals surface area contributed by atoms with E-state index in [0.29, 0.717) is 30.9 Å². The third-order valence-electron chi connectivity index (χ3n) is 3.83. The number of nitrogens with one attached hydrogen (secondary N) is 1. The van der Waals surface area contributed by atoms with Gasteiger partial charge >= 0.3 is 0 Å². The minimum absolute atomic E-state index is 0.110. The Bertz CT molecular complexity index is 664. The van der Waals surface area contributed by atoms with Crippen molar-refractivity contribution in [3.8, 4) is 0 Å². The maximum atomic E-state index is 13.2. The van der Waals surface area contributed by atoms with Gasteiger partial charge in [0.2, 0.25) is 0 Å². The Hall–Kier alpha value is -1.50. The standard InChI is InChI=1S/C15H16FNO3S/c16-11-1-2-12-10(7-11)8-13(21-12)14(19)17-15(9-18)3-5-20-6-4-15/h1-2,7-8,18H,3-6,9H2,(H,17,19). The molecule has 6 heteroatoms. The van der Waals surface area contributed by atoms with Crippen molar-refractivity contribution in [3.05, 3.63) is 35.0 Å². The van der Waals surface area contributed by atoms with Gasteiger partial charge in [0.05, 0.1) is 17.0 Å². The summed E-state index contributed by atoms with van der Waals surface area (Å²) in [6, 6.07) is 6.15. The van der Waals surface area contributed by atoms with Crippen molar-refractivity contribution in [1.29, 1.82) is 0 Å². The predicted molar refractivity (Wildman–Crippen MR) is 79.1 cm³/mol. The molecule has 2 aromatic rings. The molecule has 1 amide bonds. The number of carbonyl (C=O) groups is 1. The highest BCUT2D eigenvalue weighted by atomic mass is 32.1. The minimum atomic E-state index is -0.614. The molecule has 2 N–H and O–H groups in total. The van der Waals surface area contributed by atoms with Crippen molar-refractivity contribution < 1.29 is 19.0 Å². The number of thiophene rings is 1. The van der Waals surface area contributed by atoms with Crippen molar-refractivity contribution in [2.45, 2.75) is 18.4 Å². The van der Waals surface area contributed by atoms with Crippen molar-refractivity contribution in [2.75, 3.05) is 19.8 Å². The molecule has 0 aliphatic carbocycles. The molecule has 3 rings (SSSR count). The molecule has 1 aromatic heterocycles. The Balaban J connectivity index is 1.82. The Morgan fingerprint density at radius 2 is 2.14 bits per heavy atom. The number of carbonyl (C=O) groups excluding carboxylic acids is 1. The van der Waals surface area contributed by atoms with Crippen LogP contribution in [0, 0.1) is 5.82 Å². The fourth-order valence-electron chi connectivity index (χ4n) is 2.51. The lowest BCUT2D eigenvalue weighted by molar-refractivity contribution is 0.0126. The summed E-state index contributed by atoms with van der Waals surface area (Å²) in [5.41, 5.74) is -0.614. The predicted octanol–water partition coefficient (Wildman–Crippen LogP) is 2.31. The van der Waals surface area contributed by atoms with Gasteiger partial charge in [0, 0.05) is 17.9 Å². The molecule has 0 radical (unpaired) electrons. The average Bonchev–Trinajstić information content (AvgIpc) is 2.91. The van der Waals surface area contributed by atoms with Crippen molar-refractivity contribution in [3.63, 3.8) is 0 Å². The number of hydrogen-bond donors (Lipinski definition) is 2. The van der Waals surface area contributed by atoms with Gasteiger partial charge in [-0.3, -0.25) is 4.79 Å². The minimum Gasteiger partial charge on any atom is -0.394 e. The normalized spacial score (nSPS) is 17.8. The highest BCUT2D eigenvalue weighted by molar-refractivity contribution is 7.20. The molecule has 0 saturated carbocycles. The van der Waals surface area contributed by atoms with E-state index in [2.05, 4.69) is 5.32 Å². The number of hydrogen-bond acceptors (Lipinski definition) is 4. The summed E-state index contributed by atoms with van der Waals surface area (Å²) in [4.78, 5) is 12.9. The van der Waals surface area contributed by atoms with Crippen LogP contribution in [0.3, 0.4) is 0 Å². The van der Waals surface area contributed by atoms with E-state index in [1.807, 2.05) is 0 Å². The van der Waals surface area contributed by atoms with Crippen LogP contribution < -0.4 is 5.32 Å². The van der Waals surface area contributed by atoms with Crippen molar-refractivity contribution in [2.24, 2.45) is 0 Å². The van der Waals surface area contributed by atoms with Crippen molar-refractivity contribution in [1.82, 2.24) is 5.32 Å². The van der Waals surface area contributed by atoms with Gasteiger partial charge in [0.15, 0.2) is 0 Å². The van der Waals surface area contributed by atoms with E-state index in [9.17, 15) is 14.3 Å². The third kappa shape index (κ3) is 2.92. The van der Waals surface area contributed by atoms with Gasteiger partial charge in [-0.2, -0.15) is 0 Å². The second-order valence-electron chi connectivity index (χ2n) is 5.30. The maximum absolute atomic E-state index is 13.2. The van der Waals surface area contributed by atoms with E-state index in [0.717, 1.165) is 10.1 Å². The molecule has 4 nitrogen and oxygen atoms in total. The number of ether oxygens (including phenoxy) is 1. The van der Waals surface area contributed by atoms with Crippen LogP contribution in [0.15, 0.2) is 24.3 Å². The maximum Gasteiger partial charge on any atom is 0.261 e. The van der Waals surface area contributed by atoms with Crippen LogP contribution >= 0.6 is 11.3 Å². The highest BCUT2D eigenvalue weighted by Gasteiger charge is 2.34. The Kier molecular flexibility index (Phi) is 3.93. The number of fused-ring (bicyclic) bond motifs is 1. The molecule has 0 atom stereocenters. The van der Waals surface area contributed by atoms with Crippen LogP contribution in [0.4, 0.5) is 4.39 Å². The smallest absolute Gasteiger partial charge is 0.261 e. The van der Waals surface area contributed by atoms with E-state index in [4.69, 9.17) is 4.74 Å². The number of amides is 1. The molecule has 1 aromatic carbocycles. The first kappa shape index (κ1) is 14.4. The molecule has 2 heterocycles. The summed E-state index contributed by atoms with van der Waals surface area (Å²) in [5, 5.41) is 13.2. The summed E-state index contributed by atoms with van der Waals surface area (Å²) in [5.74, 6) is -0.545. The van der Waals surface area contributed by atoms with E-state index in [1.165, 1.54) is 23.5 Å². The lowest BCUT2D eigenvalue weighted by atomic mass is 9.91. The fourth-order valence-corrected chi connectivity index (χ4v) is 3.45. The first-order valence-electron chi connectivity index (χ1n) is 6.82. The van der Waals surface area contributed by atoms with Crippen LogP contribution in [0.25, 0.3) is 10.1 Å². The molecule has 1 fully saturated rings. The molecule has 1 aliphatic heterocycles. The molecule has 0 spiro atoms. The van der Waals surface area contributed by atoms with Crippen LogP contribution in [0.2, 0.25) is 0 Å². The zero-order valence-electron chi connectivity index (χ0n) is 11.4. The molecule has 0 unspecified atom stereocenters. The summed E-state index contributed by atoms with van der Waals surface area (Å²) >= 11 is 1.32. The molecule has 21 heavy (non-hydrogen) atoms. The molecule has 112 valence electrons. The molecule has 1 saturated heterocycles. The van der Waals surface area contributed by atoms with E-state index in [-0.39, 0.29) is 18.3 Å². The lowest BCUT2D eigenvalue weighted by Gasteiger charge is -2.36. The Morgan fingerprint density at radius 3 is 2.86 bits per heavy atom. The Morgan fingerprint density at radius 1 is 1.38 bits per heavy atom. The molecule has 0 bridgehead atoms. The fraction of sp³-hybridized carbons (Fsp3) is 0.400. The molecular weight excluding hydrogens is 293 g/mol. The van der Waals surface area contributed by atoms with Gasteiger partial charge < -0.3 is 15.2 Å². The zero-order valence-corrected chi connectivity index (χ0v) is 12.2. The van der Waals surface area contributed by atoms with E-state index in [1.54, 1.807) is 12.1 Å². The SMILES string of the molecule is O=C(NC1(CO)CCOCC1)c1cc2cc(F)ccc2s1. The van der Waals surface area contributed by atoms with Crippen LogP contribution in [-0.4, -0.2) is 36.4 Å². The van der Waals surface area contributed by atoms with Gasteiger partial charge in [0.1, 0.15) is 5.82 Å². The van der Waals surface area contributed by atoms with Gasteiger partial charge in [0.25, 0.3) is 5.91 Å². The third-order valence-corrected chi connectivity index (χ3v) is 4.95. The van der Waals surface area contributed by atoms with E-state index >= 15 is 0 Å². The second kappa shape index (κ2) is 5.71. The van der Waals surface area contributed by atoms with Gasteiger partial charge in [-0.25, -0.2) is 4.39 Å². The number of rotatable bonds is 3. The lowest BCUT2D eigenvalue weighted by Crippen LogP contribution is -2.54. The molecule has 1 aliphatic rings. The zero-order chi connectivity index (χ0) is 14.9. The number of aliphatic hydroxyl groups excluding tert-OH is 1. The van der Waals surface area contributed by atoms with Gasteiger partial charge in [-0.1, -0.05) is 0 Å². The van der Waals surface area contributed by atoms with Gasteiger partial charge in [-0.15, -0.1) is 11.3 Å². The Labute approximate surface area is 125 Å². The van der Waals surface area contributed by atoms with E-state index < -0.39 is 5.54 Å². The average molecular weight is 309 g/mol. The van der Waals surface area contributed by atoms with Crippen LogP contribution in [0.5, 0.6) is 0 Å². The number of benzene rings is 1.